The van der Waals surface area contributed by atoms with Crippen LogP contribution in [0.5, 0.6) is 0 Å². The summed E-state index contributed by atoms with van der Waals surface area (Å²) >= 11 is 0. The van der Waals surface area contributed by atoms with Crippen LogP contribution in [-0.2, 0) is 17.1 Å². The molecule has 0 spiro atoms. The Morgan fingerprint density at radius 2 is 0.375 bits per heavy atom. The first-order chi connectivity index (χ1) is 0. The van der Waals surface area contributed by atoms with Crippen LogP contribution in [-0.4, -0.2) is 0 Å². The van der Waals surface area contributed by atoms with Crippen LogP contribution in [0.25, 0.3) is 0 Å². The van der Waals surface area contributed by atoms with E-state index < -0.39 is 0 Å². The standard InChI is InChI=1S/6FH.Fe.Na/h6*1H;;/q;;;;;;+3;+1/p-6. The maximum absolute atomic E-state index is 0. The van der Waals surface area contributed by atoms with E-state index >= 15 is 0 Å². The van der Waals surface area contributed by atoms with Crippen LogP contribution in [0.2, 0.25) is 0 Å². The molecule has 0 fully saturated rings. The first-order valence-corrected chi connectivity index (χ1v) is 0. The van der Waals surface area contributed by atoms with Crippen LogP contribution >= 0.6 is 0 Å². The molecule has 0 aliphatic rings. The Labute approximate surface area is 74.7 Å². The average Bonchev–Trinajstić information content (AvgIpc) is 0. The Morgan fingerprint density at radius 1 is 0.375 bits per heavy atom. The number of rotatable bonds is 0. The third-order valence-corrected chi connectivity index (χ3v) is 0. The van der Waals surface area contributed by atoms with Crippen molar-refractivity contribution in [1.82, 2.24) is 0 Å². The van der Waals surface area contributed by atoms with Gasteiger partial charge in [0.1, 0.15) is 0 Å². The molecule has 0 aromatic heterocycles. The SMILES string of the molecule is [F-].[F-].[F-].[F-].[F-].[F-].[Fe+3].[Na+]. The third-order valence-electron chi connectivity index (χ3n) is 0. The molecule has 0 unspecified atom stereocenters. The van der Waals surface area contributed by atoms with Gasteiger partial charge < -0.3 is 28.2 Å². The van der Waals surface area contributed by atoms with Crippen LogP contribution in [0.15, 0.2) is 0 Å². The van der Waals surface area contributed by atoms with E-state index in [4.69, 9.17) is 0 Å². The minimum Gasteiger partial charge on any atom is -1.00 e. The van der Waals surface area contributed by atoms with Gasteiger partial charge in [-0.3, -0.25) is 0 Å². The number of hydrogen-bond donors (Lipinski definition) is 0. The molecule has 0 saturated heterocycles. The molecule has 53 valence electrons. The van der Waals surface area contributed by atoms with Gasteiger partial charge in [0.15, 0.2) is 0 Å². The Morgan fingerprint density at radius 3 is 0.375 bits per heavy atom. The van der Waals surface area contributed by atoms with Crippen molar-refractivity contribution >= 4 is 0 Å². The molecule has 0 aromatic carbocycles. The molecule has 1 radical (unpaired) electrons. The molecule has 0 bridgehead atoms. The maximum Gasteiger partial charge on any atom is 3.00 e. The van der Waals surface area contributed by atoms with Gasteiger partial charge in [0.25, 0.3) is 0 Å². The van der Waals surface area contributed by atoms with Crippen molar-refractivity contribution < 1.29 is 74.9 Å². The van der Waals surface area contributed by atoms with Crippen molar-refractivity contribution in [3.63, 3.8) is 0 Å². The topological polar surface area (TPSA) is 0 Å². The van der Waals surface area contributed by atoms with Gasteiger partial charge in [0, 0.05) is 0 Å². The van der Waals surface area contributed by atoms with Crippen molar-refractivity contribution in [3.8, 4) is 0 Å². The molecule has 0 atom stereocenters. The molecule has 0 N–H and O–H groups in total. The Bertz CT molecular complexity index is 8.49. The van der Waals surface area contributed by atoms with Crippen LogP contribution < -0.4 is 57.8 Å². The van der Waals surface area contributed by atoms with E-state index in [1.807, 2.05) is 0 Å². The van der Waals surface area contributed by atoms with Crippen LogP contribution in [0.3, 0.4) is 0 Å². The molecule has 8 heavy (non-hydrogen) atoms. The molecule has 0 aliphatic carbocycles. The van der Waals surface area contributed by atoms with Crippen LogP contribution in [0.1, 0.15) is 0 Å². The minimum absolute atomic E-state index is 0. The second-order valence-electron chi connectivity index (χ2n) is 0. The molecule has 0 aliphatic heterocycles. The summed E-state index contributed by atoms with van der Waals surface area (Å²) in [6, 6.07) is 0. The van der Waals surface area contributed by atoms with Gasteiger partial charge in [0.2, 0.25) is 0 Å². The molecule has 0 amide bonds. The van der Waals surface area contributed by atoms with Gasteiger partial charge in [-0.25, -0.2) is 0 Å². The number of hydrogen-bond acceptors (Lipinski definition) is 0. The zero-order chi connectivity index (χ0) is 0. The molecule has 0 rings (SSSR count). The van der Waals surface area contributed by atoms with E-state index in [-0.39, 0.29) is 74.9 Å². The Hall–Kier alpha value is 1.10. The largest absolute Gasteiger partial charge is 3.00 e. The first kappa shape index (κ1) is 494. The molecule has 0 aromatic rings. The van der Waals surface area contributed by atoms with E-state index in [0.717, 1.165) is 0 Å². The summed E-state index contributed by atoms with van der Waals surface area (Å²) in [6.45, 7) is 0. The van der Waals surface area contributed by atoms with Gasteiger partial charge in [-0.15, -0.1) is 0 Å². The van der Waals surface area contributed by atoms with E-state index in [9.17, 15) is 0 Å². The van der Waals surface area contributed by atoms with E-state index in [0.29, 0.717) is 0 Å². The monoisotopic (exact) mass is 193 g/mol. The maximum atomic E-state index is 0. The fourth-order valence-electron chi connectivity index (χ4n) is 0. The molecule has 0 nitrogen and oxygen atoms in total. The van der Waals surface area contributed by atoms with Crippen molar-refractivity contribution in [3.05, 3.63) is 0 Å². The van der Waals surface area contributed by atoms with E-state index in [2.05, 4.69) is 0 Å². The van der Waals surface area contributed by atoms with Gasteiger partial charge in [-0.2, -0.15) is 0 Å². The molecular formula is F6FeNa-2. The smallest absolute Gasteiger partial charge is 1.00 e. The quantitative estimate of drug-likeness (QED) is 0.264. The summed E-state index contributed by atoms with van der Waals surface area (Å²) < 4.78 is 0. The van der Waals surface area contributed by atoms with E-state index in [1.165, 1.54) is 0 Å². The summed E-state index contributed by atoms with van der Waals surface area (Å²) in [5.41, 5.74) is 0. The second-order valence-corrected chi connectivity index (χ2v) is 0. The van der Waals surface area contributed by atoms with Crippen molar-refractivity contribution in [2.24, 2.45) is 0 Å². The summed E-state index contributed by atoms with van der Waals surface area (Å²) in [7, 11) is 0. The van der Waals surface area contributed by atoms with Crippen molar-refractivity contribution in [2.45, 2.75) is 0 Å². The predicted molar refractivity (Wildman–Crippen MR) is 0 cm³/mol. The van der Waals surface area contributed by atoms with Gasteiger partial charge in [-0.1, -0.05) is 0 Å². The van der Waals surface area contributed by atoms with Crippen LogP contribution in [0, 0.1) is 0 Å². The van der Waals surface area contributed by atoms with Gasteiger partial charge >= 0.3 is 46.6 Å². The predicted octanol–water partition coefficient (Wildman–Crippen LogP) is -21.0. The fourth-order valence-corrected chi connectivity index (χ4v) is 0. The first-order valence-electron chi connectivity index (χ1n) is 0. The molecule has 0 saturated carbocycles. The van der Waals surface area contributed by atoms with Gasteiger partial charge in [0.05, 0.1) is 0 Å². The second kappa shape index (κ2) is 338. The van der Waals surface area contributed by atoms with E-state index in [1.54, 1.807) is 0 Å². The summed E-state index contributed by atoms with van der Waals surface area (Å²) in [5, 5.41) is 0. The summed E-state index contributed by atoms with van der Waals surface area (Å²) in [4.78, 5) is 0. The third kappa shape index (κ3) is 218. The number of halogens is 6. The van der Waals surface area contributed by atoms with Crippen molar-refractivity contribution in [2.75, 3.05) is 0 Å². The molecule has 8 heteroatoms. The molecular weight excluding hydrogens is 193 g/mol. The average molecular weight is 193 g/mol. The molecule has 0 heterocycles. The fraction of sp³-hybridized carbons (Fsp3) is 0. The zero-order valence-electron chi connectivity index (χ0n) is 3.62. The Kier molecular flexibility index (Phi) is 20800. The minimum atomic E-state index is 0. The summed E-state index contributed by atoms with van der Waals surface area (Å²) in [6.07, 6.45) is 0. The summed E-state index contributed by atoms with van der Waals surface area (Å²) in [5.74, 6) is 0. The Balaban J connectivity index is 0. The van der Waals surface area contributed by atoms with Crippen molar-refractivity contribution in [1.29, 1.82) is 0 Å². The normalized spacial score (nSPS) is 0. The zero-order valence-corrected chi connectivity index (χ0v) is 6.73. The van der Waals surface area contributed by atoms with Crippen LogP contribution in [0.4, 0.5) is 0 Å². The van der Waals surface area contributed by atoms with Gasteiger partial charge in [-0.05, 0) is 0 Å².